The summed E-state index contributed by atoms with van der Waals surface area (Å²) in [5, 5.41) is 8.74. The van der Waals surface area contributed by atoms with Crippen molar-refractivity contribution in [2.75, 3.05) is 33.4 Å². The molecule has 0 saturated carbocycles. The van der Waals surface area contributed by atoms with Crippen molar-refractivity contribution in [3.63, 3.8) is 0 Å². The molecular formula is C12H23N3O3. The summed E-state index contributed by atoms with van der Waals surface area (Å²) in [7, 11) is 1.59. The van der Waals surface area contributed by atoms with Gasteiger partial charge in [0.25, 0.3) is 0 Å². The third kappa shape index (κ3) is 5.01. The van der Waals surface area contributed by atoms with Crippen LogP contribution < -0.4 is 16.0 Å². The monoisotopic (exact) mass is 257 g/mol. The van der Waals surface area contributed by atoms with Crippen molar-refractivity contribution >= 4 is 11.8 Å². The molecule has 2 amide bonds. The number of hydrogen-bond donors (Lipinski definition) is 3. The fourth-order valence-electron chi connectivity index (χ4n) is 2.03. The number of ether oxygens (including phenoxy) is 1. The largest absolute Gasteiger partial charge is 0.383 e. The van der Waals surface area contributed by atoms with Crippen LogP contribution in [0.25, 0.3) is 0 Å². The number of methoxy groups -OCH3 is 1. The molecular weight excluding hydrogens is 234 g/mol. The zero-order valence-corrected chi connectivity index (χ0v) is 11.1. The van der Waals surface area contributed by atoms with E-state index in [1.165, 1.54) is 0 Å². The standard InChI is InChI=1S/C12H23N3O3/c1-9-10(3-5-13-9)12(17)15-6-4-11(16)14-7-8-18-2/h9-10,13H,3-8H2,1-2H3,(H,14,16)(H,15,17). The van der Waals surface area contributed by atoms with Gasteiger partial charge in [0.05, 0.1) is 12.5 Å². The molecule has 0 aromatic rings. The van der Waals surface area contributed by atoms with Crippen LogP contribution in [0, 0.1) is 5.92 Å². The van der Waals surface area contributed by atoms with Crippen molar-refractivity contribution in [3.8, 4) is 0 Å². The van der Waals surface area contributed by atoms with E-state index < -0.39 is 0 Å². The SMILES string of the molecule is COCCNC(=O)CCNC(=O)C1CCNC1C. The normalized spacial score (nSPS) is 22.8. The first-order valence-electron chi connectivity index (χ1n) is 6.42. The summed E-state index contributed by atoms with van der Waals surface area (Å²) in [5.74, 6) is 0.00342. The van der Waals surface area contributed by atoms with Crippen LogP contribution in [-0.4, -0.2) is 51.2 Å². The van der Waals surface area contributed by atoms with E-state index in [-0.39, 0.29) is 23.8 Å². The Morgan fingerprint density at radius 3 is 2.72 bits per heavy atom. The van der Waals surface area contributed by atoms with Crippen LogP contribution >= 0.6 is 0 Å². The third-order valence-corrected chi connectivity index (χ3v) is 3.14. The van der Waals surface area contributed by atoms with Gasteiger partial charge in [-0.25, -0.2) is 0 Å². The number of nitrogens with one attached hydrogen (secondary N) is 3. The lowest BCUT2D eigenvalue weighted by molar-refractivity contribution is -0.125. The van der Waals surface area contributed by atoms with Gasteiger partial charge in [0, 0.05) is 32.7 Å². The Balaban J connectivity index is 2.09. The first kappa shape index (κ1) is 14.9. The highest BCUT2D eigenvalue weighted by molar-refractivity contribution is 5.81. The number of rotatable bonds is 7. The highest BCUT2D eigenvalue weighted by Gasteiger charge is 2.28. The Morgan fingerprint density at radius 2 is 2.11 bits per heavy atom. The van der Waals surface area contributed by atoms with Crippen molar-refractivity contribution < 1.29 is 14.3 Å². The molecule has 2 unspecified atom stereocenters. The molecule has 1 fully saturated rings. The van der Waals surface area contributed by atoms with Crippen LogP contribution in [0.3, 0.4) is 0 Å². The Hall–Kier alpha value is -1.14. The predicted molar refractivity (Wildman–Crippen MR) is 68.1 cm³/mol. The molecule has 0 bridgehead atoms. The smallest absolute Gasteiger partial charge is 0.224 e. The fourth-order valence-corrected chi connectivity index (χ4v) is 2.03. The second kappa shape index (κ2) is 8.05. The fraction of sp³-hybridized carbons (Fsp3) is 0.833. The average molecular weight is 257 g/mol. The minimum atomic E-state index is -0.0649. The highest BCUT2D eigenvalue weighted by Crippen LogP contribution is 2.14. The van der Waals surface area contributed by atoms with Crippen LogP contribution in [0.4, 0.5) is 0 Å². The van der Waals surface area contributed by atoms with Gasteiger partial charge < -0.3 is 20.7 Å². The maximum Gasteiger partial charge on any atom is 0.224 e. The molecule has 6 nitrogen and oxygen atoms in total. The van der Waals surface area contributed by atoms with Gasteiger partial charge in [-0.15, -0.1) is 0 Å². The predicted octanol–water partition coefficient (Wildman–Crippen LogP) is -0.747. The molecule has 0 spiro atoms. The van der Waals surface area contributed by atoms with Crippen LogP contribution in [0.1, 0.15) is 19.8 Å². The van der Waals surface area contributed by atoms with Gasteiger partial charge in [0.1, 0.15) is 0 Å². The van der Waals surface area contributed by atoms with Gasteiger partial charge in [-0.3, -0.25) is 9.59 Å². The van der Waals surface area contributed by atoms with Crippen LogP contribution in [0.5, 0.6) is 0 Å². The molecule has 6 heteroatoms. The molecule has 0 aromatic carbocycles. The molecule has 18 heavy (non-hydrogen) atoms. The minimum absolute atomic E-state index is 0.0292. The van der Waals surface area contributed by atoms with E-state index in [0.29, 0.717) is 26.1 Å². The van der Waals surface area contributed by atoms with Crippen molar-refractivity contribution in [1.29, 1.82) is 0 Å². The van der Waals surface area contributed by atoms with Crippen molar-refractivity contribution in [3.05, 3.63) is 0 Å². The van der Waals surface area contributed by atoms with Gasteiger partial charge in [0.15, 0.2) is 0 Å². The molecule has 2 atom stereocenters. The summed E-state index contributed by atoms with van der Waals surface area (Å²) in [6.07, 6.45) is 1.18. The lowest BCUT2D eigenvalue weighted by Crippen LogP contribution is -2.38. The molecule has 0 radical (unpaired) electrons. The Kier molecular flexibility index (Phi) is 6.67. The van der Waals surface area contributed by atoms with E-state index in [0.717, 1.165) is 13.0 Å². The summed E-state index contributed by atoms with van der Waals surface area (Å²) >= 11 is 0. The van der Waals surface area contributed by atoms with E-state index in [9.17, 15) is 9.59 Å². The molecule has 0 aliphatic carbocycles. The van der Waals surface area contributed by atoms with Gasteiger partial charge >= 0.3 is 0 Å². The van der Waals surface area contributed by atoms with Gasteiger partial charge in [-0.2, -0.15) is 0 Å². The third-order valence-electron chi connectivity index (χ3n) is 3.14. The highest BCUT2D eigenvalue weighted by atomic mass is 16.5. The van der Waals surface area contributed by atoms with Crippen molar-refractivity contribution in [1.82, 2.24) is 16.0 Å². The Bertz CT molecular complexity index is 284. The summed E-state index contributed by atoms with van der Waals surface area (Å²) in [5.41, 5.74) is 0. The Labute approximate surface area is 108 Å². The maximum atomic E-state index is 11.8. The second-order valence-corrected chi connectivity index (χ2v) is 4.52. The summed E-state index contributed by atoms with van der Waals surface area (Å²) in [6, 6.07) is 0.223. The van der Waals surface area contributed by atoms with E-state index in [4.69, 9.17) is 4.74 Å². The number of carbonyl (C=O) groups excluding carboxylic acids is 2. The van der Waals surface area contributed by atoms with Crippen LogP contribution in [0.2, 0.25) is 0 Å². The molecule has 1 rings (SSSR count). The maximum absolute atomic E-state index is 11.8. The average Bonchev–Trinajstić information content (AvgIpc) is 2.76. The van der Waals surface area contributed by atoms with Crippen LogP contribution in [0.15, 0.2) is 0 Å². The van der Waals surface area contributed by atoms with Crippen molar-refractivity contribution in [2.45, 2.75) is 25.8 Å². The lowest BCUT2D eigenvalue weighted by atomic mass is 10.0. The summed E-state index contributed by atoms with van der Waals surface area (Å²) < 4.78 is 4.82. The second-order valence-electron chi connectivity index (χ2n) is 4.52. The van der Waals surface area contributed by atoms with Crippen LogP contribution in [-0.2, 0) is 14.3 Å². The quantitative estimate of drug-likeness (QED) is 0.525. The lowest BCUT2D eigenvalue weighted by Gasteiger charge is -2.14. The number of carbonyl (C=O) groups is 2. The summed E-state index contributed by atoms with van der Waals surface area (Å²) in [6.45, 7) is 4.29. The summed E-state index contributed by atoms with van der Waals surface area (Å²) in [4.78, 5) is 23.1. The molecule has 1 saturated heterocycles. The number of hydrogen-bond acceptors (Lipinski definition) is 4. The van der Waals surface area contributed by atoms with Gasteiger partial charge in [-0.05, 0) is 19.9 Å². The van der Waals surface area contributed by atoms with Gasteiger partial charge in [-0.1, -0.05) is 0 Å². The minimum Gasteiger partial charge on any atom is -0.383 e. The zero-order valence-electron chi connectivity index (χ0n) is 11.1. The molecule has 1 aliphatic heterocycles. The van der Waals surface area contributed by atoms with Gasteiger partial charge in [0.2, 0.25) is 11.8 Å². The topological polar surface area (TPSA) is 79.5 Å². The van der Waals surface area contributed by atoms with E-state index >= 15 is 0 Å². The first-order chi connectivity index (χ1) is 8.65. The molecule has 0 aromatic heterocycles. The zero-order chi connectivity index (χ0) is 13.4. The van der Waals surface area contributed by atoms with E-state index in [1.807, 2.05) is 6.92 Å². The molecule has 1 aliphatic rings. The van der Waals surface area contributed by atoms with E-state index in [2.05, 4.69) is 16.0 Å². The van der Waals surface area contributed by atoms with E-state index in [1.54, 1.807) is 7.11 Å². The molecule has 3 N–H and O–H groups in total. The molecule has 1 heterocycles. The van der Waals surface area contributed by atoms with Crippen molar-refractivity contribution in [2.24, 2.45) is 5.92 Å². The first-order valence-corrected chi connectivity index (χ1v) is 6.42. The number of amides is 2. The Morgan fingerprint density at radius 1 is 1.33 bits per heavy atom. The molecule has 104 valence electrons.